The number of benzene rings is 1. The Morgan fingerprint density at radius 1 is 1.07 bits per heavy atom. The lowest BCUT2D eigenvalue weighted by Crippen LogP contribution is -2.34. The molecule has 0 aliphatic carbocycles. The summed E-state index contributed by atoms with van der Waals surface area (Å²) >= 11 is 0. The van der Waals surface area contributed by atoms with E-state index in [1.165, 1.54) is 48.2 Å². The van der Waals surface area contributed by atoms with E-state index in [1.807, 2.05) is 0 Å². The number of nitrogens with zero attached hydrogens (tertiary/aromatic N) is 1. The number of hydrogen-bond acceptors (Lipinski definition) is 2. The summed E-state index contributed by atoms with van der Waals surface area (Å²) in [7, 11) is 1.73. The first kappa shape index (κ1) is 22.5. The van der Waals surface area contributed by atoms with Gasteiger partial charge in [0, 0.05) is 6.54 Å². The van der Waals surface area contributed by atoms with Crippen molar-refractivity contribution in [3.63, 3.8) is 0 Å². The molecule has 2 heteroatoms. The molecule has 1 aliphatic heterocycles. The summed E-state index contributed by atoms with van der Waals surface area (Å²) in [6.45, 7) is 14.7. The van der Waals surface area contributed by atoms with E-state index in [1.54, 1.807) is 12.7 Å². The molecule has 0 atom stereocenters. The average molecular weight is 382 g/mol. The third kappa shape index (κ3) is 6.10. The summed E-state index contributed by atoms with van der Waals surface area (Å²) < 4.78 is 5.29. The number of ether oxygens (including phenoxy) is 1. The van der Waals surface area contributed by atoms with Crippen LogP contribution in [0.3, 0.4) is 0 Å². The van der Waals surface area contributed by atoms with Gasteiger partial charge in [-0.05, 0) is 94.3 Å². The van der Waals surface area contributed by atoms with Gasteiger partial charge < -0.3 is 4.74 Å². The SMILES string of the molecule is CC=C(C)C(C=C(CC)CN1CCC(c2ccc(OC)cc2)CC1)=C(C)CC. The fraction of sp³-hybridized carbons (Fsp3) is 0.538. The molecule has 0 aromatic heterocycles. The first-order valence-electron chi connectivity index (χ1n) is 10.9. The van der Waals surface area contributed by atoms with Gasteiger partial charge in [-0.15, -0.1) is 0 Å². The van der Waals surface area contributed by atoms with Crippen molar-refractivity contribution in [1.29, 1.82) is 0 Å². The van der Waals surface area contributed by atoms with Gasteiger partial charge in [-0.2, -0.15) is 0 Å². The molecule has 1 heterocycles. The van der Waals surface area contributed by atoms with Gasteiger partial charge >= 0.3 is 0 Å². The third-order valence-corrected chi connectivity index (χ3v) is 6.25. The molecule has 28 heavy (non-hydrogen) atoms. The Hall–Kier alpha value is -1.80. The van der Waals surface area contributed by atoms with Gasteiger partial charge in [0.15, 0.2) is 0 Å². The summed E-state index contributed by atoms with van der Waals surface area (Å²) in [4.78, 5) is 2.64. The molecule has 1 aromatic rings. The minimum absolute atomic E-state index is 0.680. The Bertz CT molecular complexity index is 700. The lowest BCUT2D eigenvalue weighted by molar-refractivity contribution is 0.227. The second kappa shape index (κ2) is 11.3. The molecule has 1 aliphatic rings. The van der Waals surface area contributed by atoms with Gasteiger partial charge in [-0.25, -0.2) is 0 Å². The van der Waals surface area contributed by atoms with E-state index in [9.17, 15) is 0 Å². The number of likely N-dealkylation sites (tertiary alicyclic amines) is 1. The summed E-state index contributed by atoms with van der Waals surface area (Å²) in [6, 6.07) is 8.66. The Morgan fingerprint density at radius 3 is 2.21 bits per heavy atom. The maximum Gasteiger partial charge on any atom is 0.118 e. The fourth-order valence-electron chi connectivity index (χ4n) is 3.97. The topological polar surface area (TPSA) is 12.5 Å². The number of allylic oxidation sites excluding steroid dienone is 5. The van der Waals surface area contributed by atoms with Gasteiger partial charge in [0.2, 0.25) is 0 Å². The lowest BCUT2D eigenvalue weighted by atomic mass is 9.89. The van der Waals surface area contributed by atoms with Crippen LogP contribution < -0.4 is 4.74 Å². The molecule has 2 nitrogen and oxygen atoms in total. The molecule has 0 unspecified atom stereocenters. The molecule has 1 aromatic carbocycles. The Morgan fingerprint density at radius 2 is 1.71 bits per heavy atom. The van der Waals surface area contributed by atoms with Crippen LogP contribution in [0.15, 0.2) is 58.7 Å². The lowest BCUT2D eigenvalue weighted by Gasteiger charge is -2.33. The number of rotatable bonds is 8. The molecule has 0 bridgehead atoms. The first-order chi connectivity index (χ1) is 13.5. The molecule has 1 saturated heterocycles. The predicted octanol–water partition coefficient (Wildman–Crippen LogP) is 6.90. The first-order valence-corrected chi connectivity index (χ1v) is 10.9. The van der Waals surface area contributed by atoms with Gasteiger partial charge in [0.05, 0.1) is 7.11 Å². The molecular weight excluding hydrogens is 342 g/mol. The van der Waals surface area contributed by atoms with Crippen LogP contribution >= 0.6 is 0 Å². The average Bonchev–Trinajstić information content (AvgIpc) is 2.76. The second-order valence-electron chi connectivity index (χ2n) is 8.00. The second-order valence-corrected chi connectivity index (χ2v) is 8.00. The standard InChI is InChI=1S/C26H39NO/c1-7-20(4)26(21(5)8-2)18-22(9-3)19-27-16-14-24(15-17-27)23-10-12-25(28-6)13-11-23/h7,10-13,18,24H,8-9,14-17,19H2,1-6H3. The van der Waals surface area contributed by atoms with Crippen molar-refractivity contribution in [1.82, 2.24) is 4.90 Å². The Kier molecular flexibility index (Phi) is 9.05. The monoisotopic (exact) mass is 381 g/mol. The molecule has 1 fully saturated rings. The molecule has 0 saturated carbocycles. The highest BCUT2D eigenvalue weighted by Gasteiger charge is 2.21. The Labute approximate surface area is 173 Å². The van der Waals surface area contributed by atoms with Crippen molar-refractivity contribution in [2.24, 2.45) is 0 Å². The number of methoxy groups -OCH3 is 1. The van der Waals surface area contributed by atoms with Crippen molar-refractivity contribution in [3.8, 4) is 5.75 Å². The van der Waals surface area contributed by atoms with Crippen LogP contribution in [0.25, 0.3) is 0 Å². The highest BCUT2D eigenvalue weighted by Crippen LogP contribution is 2.30. The van der Waals surface area contributed by atoms with Crippen LogP contribution in [0.1, 0.15) is 71.8 Å². The molecule has 0 N–H and O–H groups in total. The normalized spacial score (nSPS) is 18.2. The highest BCUT2D eigenvalue weighted by molar-refractivity contribution is 5.43. The quantitative estimate of drug-likeness (QED) is 0.454. The van der Waals surface area contributed by atoms with E-state index >= 15 is 0 Å². The van der Waals surface area contributed by atoms with Gasteiger partial charge in [0.1, 0.15) is 5.75 Å². The van der Waals surface area contributed by atoms with E-state index < -0.39 is 0 Å². The zero-order valence-electron chi connectivity index (χ0n) is 18.8. The summed E-state index contributed by atoms with van der Waals surface area (Å²) in [5.41, 5.74) is 7.32. The minimum atomic E-state index is 0.680. The maximum atomic E-state index is 5.29. The van der Waals surface area contributed by atoms with Crippen LogP contribution in [0.5, 0.6) is 5.75 Å². The summed E-state index contributed by atoms with van der Waals surface area (Å²) in [5, 5.41) is 0. The van der Waals surface area contributed by atoms with Crippen LogP contribution in [-0.2, 0) is 0 Å². The highest BCUT2D eigenvalue weighted by atomic mass is 16.5. The van der Waals surface area contributed by atoms with Crippen molar-refractivity contribution in [3.05, 3.63) is 64.3 Å². The fourth-order valence-corrected chi connectivity index (χ4v) is 3.97. The van der Waals surface area contributed by atoms with Crippen molar-refractivity contribution >= 4 is 0 Å². The smallest absolute Gasteiger partial charge is 0.118 e. The minimum Gasteiger partial charge on any atom is -0.497 e. The van der Waals surface area contributed by atoms with Crippen LogP contribution in [-0.4, -0.2) is 31.6 Å². The molecule has 154 valence electrons. The molecule has 0 radical (unpaired) electrons. The number of piperidine rings is 1. The predicted molar refractivity (Wildman–Crippen MR) is 122 cm³/mol. The van der Waals surface area contributed by atoms with Crippen molar-refractivity contribution in [2.45, 2.75) is 66.2 Å². The van der Waals surface area contributed by atoms with Gasteiger partial charge in [0.25, 0.3) is 0 Å². The van der Waals surface area contributed by atoms with E-state index in [-0.39, 0.29) is 0 Å². The zero-order valence-corrected chi connectivity index (χ0v) is 18.8. The largest absolute Gasteiger partial charge is 0.497 e. The van der Waals surface area contributed by atoms with Gasteiger partial charge in [-0.1, -0.05) is 49.3 Å². The van der Waals surface area contributed by atoms with E-state index in [2.05, 4.69) is 75.9 Å². The third-order valence-electron chi connectivity index (χ3n) is 6.25. The van der Waals surface area contributed by atoms with Crippen LogP contribution in [0.4, 0.5) is 0 Å². The van der Waals surface area contributed by atoms with E-state index in [0.717, 1.165) is 25.1 Å². The van der Waals surface area contributed by atoms with E-state index in [4.69, 9.17) is 4.74 Å². The Balaban J connectivity index is 2.01. The van der Waals surface area contributed by atoms with Crippen LogP contribution in [0, 0.1) is 0 Å². The van der Waals surface area contributed by atoms with Crippen LogP contribution in [0.2, 0.25) is 0 Å². The molecular formula is C26H39NO. The van der Waals surface area contributed by atoms with Crippen molar-refractivity contribution < 1.29 is 4.74 Å². The molecule has 0 amide bonds. The molecule has 0 spiro atoms. The van der Waals surface area contributed by atoms with Crippen molar-refractivity contribution in [2.75, 3.05) is 26.7 Å². The zero-order chi connectivity index (χ0) is 20.5. The summed E-state index contributed by atoms with van der Waals surface area (Å²) in [6.07, 6.45) is 9.42. The number of hydrogen-bond donors (Lipinski definition) is 0. The van der Waals surface area contributed by atoms with Gasteiger partial charge in [-0.3, -0.25) is 4.90 Å². The maximum absolute atomic E-state index is 5.29. The van der Waals surface area contributed by atoms with E-state index in [0.29, 0.717) is 5.92 Å². The molecule has 2 rings (SSSR count). The summed E-state index contributed by atoms with van der Waals surface area (Å²) in [5.74, 6) is 1.63.